The molecule has 0 aliphatic carbocycles. The number of carbonyl (C=O) groups excluding carboxylic acids is 1. The Hall–Kier alpha value is -0.860. The van der Waals surface area contributed by atoms with Crippen molar-refractivity contribution in [2.45, 2.75) is 17.9 Å². The Labute approximate surface area is 129 Å². The zero-order valence-electron chi connectivity index (χ0n) is 10.9. The van der Waals surface area contributed by atoms with Crippen LogP contribution in [0, 0.1) is 5.82 Å². The normalized spacial score (nSPS) is 12.9. The fourth-order valence-electron chi connectivity index (χ4n) is 1.39. The Kier molecular flexibility index (Phi) is 5.39. The molecule has 0 saturated heterocycles. The van der Waals surface area contributed by atoms with E-state index in [1.165, 1.54) is 11.8 Å². The third-order valence-corrected chi connectivity index (χ3v) is 4.30. The molecule has 0 saturated carbocycles. The van der Waals surface area contributed by atoms with Crippen LogP contribution in [0.3, 0.4) is 0 Å². The molecule has 1 unspecified atom stereocenters. The highest BCUT2D eigenvalue weighted by molar-refractivity contribution is 9.10. The van der Waals surface area contributed by atoms with Crippen molar-refractivity contribution in [3.63, 3.8) is 0 Å². The van der Waals surface area contributed by atoms with Gasteiger partial charge >= 0.3 is 0 Å². The summed E-state index contributed by atoms with van der Waals surface area (Å²) in [4.78, 5) is 12.3. The summed E-state index contributed by atoms with van der Waals surface area (Å²) in [5.41, 5.74) is 0. The quantitative estimate of drug-likeness (QED) is 0.743. The highest BCUT2D eigenvalue weighted by atomic mass is 79.9. The van der Waals surface area contributed by atoms with E-state index in [1.807, 2.05) is 0 Å². The van der Waals surface area contributed by atoms with Gasteiger partial charge in [0, 0.05) is 30.8 Å². The van der Waals surface area contributed by atoms with Crippen LogP contribution in [0.4, 0.5) is 4.39 Å². The molecule has 1 aromatic rings. The lowest BCUT2D eigenvalue weighted by Crippen LogP contribution is -2.35. The van der Waals surface area contributed by atoms with Gasteiger partial charge in [0.2, 0.25) is 0 Å². The molecule has 0 aliphatic rings. The molecule has 0 radical (unpaired) electrons. The first-order valence-corrected chi connectivity index (χ1v) is 8.45. The van der Waals surface area contributed by atoms with Crippen LogP contribution in [0.1, 0.15) is 6.92 Å². The van der Waals surface area contributed by atoms with Gasteiger partial charge in [0.1, 0.15) is 16.5 Å². The second kappa shape index (κ2) is 6.28. The average molecular weight is 389 g/mol. The first kappa shape index (κ1) is 17.2. The zero-order valence-corrected chi connectivity index (χ0v) is 14.0. The van der Waals surface area contributed by atoms with Crippen molar-refractivity contribution in [3.05, 3.63) is 22.4 Å². The van der Waals surface area contributed by atoms with Crippen LogP contribution in [0.15, 0.2) is 21.5 Å². The molecule has 0 aliphatic heterocycles. The van der Waals surface area contributed by atoms with Crippen molar-refractivity contribution >= 4 is 41.6 Å². The molecule has 0 spiro atoms. The Morgan fingerprint density at radius 2 is 2.00 bits per heavy atom. The molecule has 0 aromatic heterocycles. The van der Waals surface area contributed by atoms with E-state index in [9.17, 15) is 17.6 Å². The van der Waals surface area contributed by atoms with Gasteiger partial charge in [-0.05, 0) is 28.9 Å². The number of halogens is 3. The highest BCUT2D eigenvalue weighted by Crippen LogP contribution is 2.32. The van der Waals surface area contributed by atoms with Crippen molar-refractivity contribution in [2.24, 2.45) is 0 Å². The number of benzene rings is 1. The van der Waals surface area contributed by atoms with Gasteiger partial charge in [-0.2, -0.15) is 0 Å². The zero-order chi connectivity index (χ0) is 15.7. The maximum Gasteiger partial charge on any atom is 0.264 e. The Morgan fingerprint density at radius 3 is 2.45 bits per heavy atom. The fourth-order valence-corrected chi connectivity index (χ4v) is 2.89. The standard InChI is InChI=1S/C11H12BrClFNO4S/c1-6(11(16)15(2)3)19-9-5-8(14)10(4-7(9)12)20(13,17)18/h4-6H,1-3H3. The van der Waals surface area contributed by atoms with E-state index in [1.54, 1.807) is 14.1 Å². The van der Waals surface area contributed by atoms with E-state index in [0.717, 1.165) is 12.1 Å². The number of hydrogen-bond acceptors (Lipinski definition) is 4. The molecular formula is C11H12BrClFNO4S. The van der Waals surface area contributed by atoms with Crippen LogP contribution >= 0.6 is 26.6 Å². The van der Waals surface area contributed by atoms with Gasteiger partial charge < -0.3 is 9.64 Å². The largest absolute Gasteiger partial charge is 0.480 e. The molecule has 1 rings (SSSR count). The molecule has 9 heteroatoms. The van der Waals surface area contributed by atoms with E-state index < -0.39 is 25.9 Å². The molecule has 1 atom stereocenters. The van der Waals surface area contributed by atoms with Crippen molar-refractivity contribution in [1.82, 2.24) is 4.90 Å². The lowest BCUT2D eigenvalue weighted by molar-refractivity contribution is -0.135. The summed E-state index contributed by atoms with van der Waals surface area (Å²) in [6, 6.07) is 1.85. The van der Waals surface area contributed by atoms with Gasteiger partial charge in [-0.25, -0.2) is 12.8 Å². The minimum absolute atomic E-state index is 0.00858. The van der Waals surface area contributed by atoms with Gasteiger partial charge in [-0.1, -0.05) is 0 Å². The molecule has 0 bridgehead atoms. The molecule has 0 N–H and O–H groups in total. The third-order valence-electron chi connectivity index (χ3n) is 2.34. The van der Waals surface area contributed by atoms with Gasteiger partial charge in [-0.15, -0.1) is 0 Å². The lowest BCUT2D eigenvalue weighted by Gasteiger charge is -2.19. The SMILES string of the molecule is CC(Oc1cc(F)c(S(=O)(=O)Cl)cc1Br)C(=O)N(C)C. The number of nitrogens with zero attached hydrogens (tertiary/aromatic N) is 1. The number of likely N-dealkylation sites (N-methyl/N-ethyl adjacent to an activating group) is 1. The number of ether oxygens (including phenoxy) is 1. The van der Waals surface area contributed by atoms with Crippen molar-refractivity contribution in [2.75, 3.05) is 14.1 Å². The minimum Gasteiger partial charge on any atom is -0.480 e. The summed E-state index contributed by atoms with van der Waals surface area (Å²) in [6.07, 6.45) is -0.848. The van der Waals surface area contributed by atoms with Crippen LogP contribution in [-0.4, -0.2) is 39.4 Å². The van der Waals surface area contributed by atoms with E-state index in [-0.39, 0.29) is 16.1 Å². The van der Waals surface area contributed by atoms with Gasteiger partial charge in [-0.3, -0.25) is 4.79 Å². The second-order valence-electron chi connectivity index (χ2n) is 4.14. The summed E-state index contributed by atoms with van der Waals surface area (Å²) in [5, 5.41) is 0. The Balaban J connectivity index is 3.11. The predicted molar refractivity (Wildman–Crippen MR) is 75.9 cm³/mol. The topological polar surface area (TPSA) is 63.7 Å². The molecule has 1 aromatic carbocycles. The average Bonchev–Trinajstić information content (AvgIpc) is 2.30. The Bertz CT molecular complexity index is 636. The third kappa shape index (κ3) is 4.07. The molecule has 20 heavy (non-hydrogen) atoms. The number of rotatable bonds is 4. The molecule has 5 nitrogen and oxygen atoms in total. The smallest absolute Gasteiger partial charge is 0.264 e. The van der Waals surface area contributed by atoms with E-state index in [4.69, 9.17) is 15.4 Å². The van der Waals surface area contributed by atoms with Gasteiger partial charge in [0.25, 0.3) is 15.0 Å². The number of hydrogen-bond donors (Lipinski definition) is 0. The van der Waals surface area contributed by atoms with Crippen LogP contribution in [0.5, 0.6) is 5.75 Å². The highest BCUT2D eigenvalue weighted by Gasteiger charge is 2.22. The number of amides is 1. The maximum absolute atomic E-state index is 13.7. The van der Waals surface area contributed by atoms with E-state index >= 15 is 0 Å². The van der Waals surface area contributed by atoms with Gasteiger partial charge in [0.15, 0.2) is 6.10 Å². The monoisotopic (exact) mass is 387 g/mol. The Morgan fingerprint density at radius 1 is 1.45 bits per heavy atom. The predicted octanol–water partition coefficient (Wildman–Crippen LogP) is 2.37. The number of carbonyl (C=O) groups is 1. The first-order chi connectivity index (χ1) is 9.04. The van der Waals surface area contributed by atoms with Crippen LogP contribution < -0.4 is 4.74 Å². The van der Waals surface area contributed by atoms with Crippen molar-refractivity contribution < 1.29 is 22.3 Å². The minimum atomic E-state index is -4.19. The summed E-state index contributed by atoms with van der Waals surface area (Å²) in [7, 11) is 4.01. The maximum atomic E-state index is 13.7. The van der Waals surface area contributed by atoms with Crippen LogP contribution in [-0.2, 0) is 13.8 Å². The summed E-state index contributed by atoms with van der Waals surface area (Å²) in [5.74, 6) is -1.36. The molecule has 0 heterocycles. The molecule has 112 valence electrons. The summed E-state index contributed by atoms with van der Waals surface area (Å²) < 4.78 is 41.4. The van der Waals surface area contributed by atoms with Gasteiger partial charge in [0.05, 0.1) is 4.47 Å². The fraction of sp³-hybridized carbons (Fsp3) is 0.364. The van der Waals surface area contributed by atoms with Crippen molar-refractivity contribution in [1.29, 1.82) is 0 Å². The molecule has 1 amide bonds. The molecular weight excluding hydrogens is 377 g/mol. The summed E-state index contributed by atoms with van der Waals surface area (Å²) in [6.45, 7) is 1.50. The lowest BCUT2D eigenvalue weighted by atomic mass is 10.3. The second-order valence-corrected chi connectivity index (χ2v) is 7.53. The summed E-state index contributed by atoms with van der Waals surface area (Å²) >= 11 is 3.05. The van der Waals surface area contributed by atoms with Crippen LogP contribution in [0.25, 0.3) is 0 Å². The van der Waals surface area contributed by atoms with Crippen molar-refractivity contribution in [3.8, 4) is 5.75 Å². The van der Waals surface area contributed by atoms with Crippen LogP contribution in [0.2, 0.25) is 0 Å². The first-order valence-electron chi connectivity index (χ1n) is 5.35. The van der Waals surface area contributed by atoms with E-state index in [2.05, 4.69) is 15.9 Å². The molecule has 0 fully saturated rings. The van der Waals surface area contributed by atoms with E-state index in [0.29, 0.717) is 0 Å².